The standard InChI is InChI=1S/C10H10F2O3/c1-14-8-4-3-7(5-9(8)15-2)10(11,12)6-13/h3-6H,1-2H3. The number of rotatable bonds is 4. The molecule has 0 bridgehead atoms. The quantitative estimate of drug-likeness (QED) is 0.722. The SMILES string of the molecule is COc1ccc(C(F)(F)C=O)cc1OC. The van der Waals surface area contributed by atoms with Crippen LogP contribution in [0.5, 0.6) is 11.5 Å². The molecule has 5 heteroatoms. The average molecular weight is 216 g/mol. The fraction of sp³-hybridized carbons (Fsp3) is 0.300. The number of methoxy groups -OCH3 is 2. The third-order valence-corrected chi connectivity index (χ3v) is 1.92. The zero-order valence-corrected chi connectivity index (χ0v) is 8.29. The number of carbonyl (C=O) groups excluding carboxylic acids is 1. The fourth-order valence-corrected chi connectivity index (χ4v) is 1.11. The summed E-state index contributed by atoms with van der Waals surface area (Å²) in [6.07, 6.45) is -0.408. The van der Waals surface area contributed by atoms with Crippen molar-refractivity contribution in [3.8, 4) is 11.5 Å². The molecule has 0 aliphatic rings. The molecule has 0 aliphatic carbocycles. The molecule has 0 atom stereocenters. The summed E-state index contributed by atoms with van der Waals surface area (Å²) in [5.41, 5.74) is -0.421. The van der Waals surface area contributed by atoms with E-state index >= 15 is 0 Å². The van der Waals surface area contributed by atoms with Gasteiger partial charge in [-0.3, -0.25) is 4.79 Å². The van der Waals surface area contributed by atoms with Crippen LogP contribution in [0.2, 0.25) is 0 Å². The van der Waals surface area contributed by atoms with Crippen LogP contribution in [-0.2, 0) is 10.7 Å². The van der Waals surface area contributed by atoms with Gasteiger partial charge in [-0.15, -0.1) is 0 Å². The molecule has 0 aromatic heterocycles. The zero-order chi connectivity index (χ0) is 11.5. The van der Waals surface area contributed by atoms with Gasteiger partial charge in [-0.25, -0.2) is 0 Å². The lowest BCUT2D eigenvalue weighted by atomic mass is 10.1. The van der Waals surface area contributed by atoms with Crippen molar-refractivity contribution >= 4 is 6.29 Å². The number of hydrogen-bond donors (Lipinski definition) is 0. The predicted octanol–water partition coefficient (Wildman–Crippen LogP) is 1.99. The largest absolute Gasteiger partial charge is 0.493 e. The molecule has 0 fully saturated rings. The Bertz CT molecular complexity index is 364. The fourth-order valence-electron chi connectivity index (χ4n) is 1.11. The molecule has 0 N–H and O–H groups in total. The monoisotopic (exact) mass is 216 g/mol. The maximum Gasteiger partial charge on any atom is 0.327 e. The summed E-state index contributed by atoms with van der Waals surface area (Å²) in [6, 6.07) is 3.52. The summed E-state index contributed by atoms with van der Waals surface area (Å²) in [5, 5.41) is 0. The Morgan fingerprint density at radius 2 is 1.80 bits per heavy atom. The van der Waals surface area contributed by atoms with Crippen molar-refractivity contribution in [2.24, 2.45) is 0 Å². The summed E-state index contributed by atoms with van der Waals surface area (Å²) in [6.45, 7) is 0. The van der Waals surface area contributed by atoms with Crippen molar-refractivity contribution in [3.63, 3.8) is 0 Å². The van der Waals surface area contributed by atoms with Gasteiger partial charge in [-0.2, -0.15) is 8.78 Å². The van der Waals surface area contributed by atoms with E-state index in [1.165, 1.54) is 20.3 Å². The van der Waals surface area contributed by atoms with Gasteiger partial charge in [0.1, 0.15) is 0 Å². The highest BCUT2D eigenvalue weighted by molar-refractivity contribution is 5.64. The molecule has 1 aromatic rings. The molecule has 0 amide bonds. The minimum atomic E-state index is -3.50. The number of ether oxygens (including phenoxy) is 2. The van der Waals surface area contributed by atoms with Crippen LogP contribution in [0, 0.1) is 0 Å². The number of aldehydes is 1. The second-order valence-corrected chi connectivity index (χ2v) is 2.81. The van der Waals surface area contributed by atoms with E-state index in [0.29, 0.717) is 5.75 Å². The van der Waals surface area contributed by atoms with Gasteiger partial charge < -0.3 is 9.47 Å². The minimum Gasteiger partial charge on any atom is -0.493 e. The van der Waals surface area contributed by atoms with Crippen LogP contribution in [-0.4, -0.2) is 20.5 Å². The van der Waals surface area contributed by atoms with Gasteiger partial charge in [-0.1, -0.05) is 0 Å². The Morgan fingerprint density at radius 3 is 2.27 bits per heavy atom. The predicted molar refractivity (Wildman–Crippen MR) is 49.5 cm³/mol. The first-order valence-corrected chi connectivity index (χ1v) is 4.12. The Labute approximate surface area is 85.6 Å². The normalized spacial score (nSPS) is 10.9. The maximum atomic E-state index is 13.0. The highest BCUT2D eigenvalue weighted by Crippen LogP contribution is 2.33. The van der Waals surface area contributed by atoms with Gasteiger partial charge in [-0.05, 0) is 18.2 Å². The molecular formula is C10H10F2O3. The lowest BCUT2D eigenvalue weighted by Crippen LogP contribution is -2.14. The van der Waals surface area contributed by atoms with Gasteiger partial charge in [0.25, 0.3) is 0 Å². The Hall–Kier alpha value is -1.65. The summed E-state index contributed by atoms with van der Waals surface area (Å²) in [5.74, 6) is -3.00. The van der Waals surface area contributed by atoms with Crippen LogP contribution < -0.4 is 9.47 Å². The molecule has 0 saturated heterocycles. The van der Waals surface area contributed by atoms with Crippen LogP contribution in [0.1, 0.15) is 5.56 Å². The van der Waals surface area contributed by atoms with Gasteiger partial charge >= 0.3 is 5.92 Å². The van der Waals surface area contributed by atoms with Crippen molar-refractivity contribution in [1.82, 2.24) is 0 Å². The van der Waals surface area contributed by atoms with Gasteiger partial charge in [0.2, 0.25) is 0 Å². The molecule has 15 heavy (non-hydrogen) atoms. The van der Waals surface area contributed by atoms with Gasteiger partial charge in [0, 0.05) is 5.56 Å². The average Bonchev–Trinajstić information content (AvgIpc) is 2.28. The maximum absolute atomic E-state index is 13.0. The molecule has 0 unspecified atom stereocenters. The third-order valence-electron chi connectivity index (χ3n) is 1.92. The lowest BCUT2D eigenvalue weighted by molar-refractivity contribution is -0.130. The van der Waals surface area contributed by atoms with Crippen LogP contribution in [0.3, 0.4) is 0 Å². The van der Waals surface area contributed by atoms with Crippen LogP contribution in [0.25, 0.3) is 0 Å². The Balaban J connectivity index is 3.19. The van der Waals surface area contributed by atoms with Crippen LogP contribution >= 0.6 is 0 Å². The van der Waals surface area contributed by atoms with Gasteiger partial charge in [0.05, 0.1) is 14.2 Å². The minimum absolute atomic E-state index is 0.163. The number of alkyl halides is 2. The van der Waals surface area contributed by atoms with E-state index in [9.17, 15) is 13.6 Å². The molecular weight excluding hydrogens is 206 g/mol. The molecule has 3 nitrogen and oxygen atoms in total. The van der Waals surface area contributed by atoms with E-state index in [0.717, 1.165) is 12.1 Å². The summed E-state index contributed by atoms with van der Waals surface area (Å²) >= 11 is 0. The van der Waals surface area contributed by atoms with E-state index in [1.54, 1.807) is 0 Å². The lowest BCUT2D eigenvalue weighted by Gasteiger charge is -2.12. The molecule has 82 valence electrons. The van der Waals surface area contributed by atoms with Crippen molar-refractivity contribution in [1.29, 1.82) is 0 Å². The number of hydrogen-bond acceptors (Lipinski definition) is 3. The third kappa shape index (κ3) is 2.23. The molecule has 0 heterocycles. The summed E-state index contributed by atoms with van der Waals surface area (Å²) in [4.78, 5) is 10.2. The van der Waals surface area contributed by atoms with Crippen molar-refractivity contribution < 1.29 is 23.0 Å². The van der Waals surface area contributed by atoms with Crippen LogP contribution in [0.4, 0.5) is 8.78 Å². The smallest absolute Gasteiger partial charge is 0.327 e. The number of carbonyl (C=O) groups is 1. The van der Waals surface area contributed by atoms with E-state index in [-0.39, 0.29) is 5.75 Å². The van der Waals surface area contributed by atoms with E-state index in [4.69, 9.17) is 9.47 Å². The van der Waals surface area contributed by atoms with E-state index < -0.39 is 17.8 Å². The molecule has 0 radical (unpaired) electrons. The number of benzene rings is 1. The van der Waals surface area contributed by atoms with E-state index in [2.05, 4.69) is 0 Å². The second kappa shape index (κ2) is 4.25. The molecule has 0 saturated carbocycles. The number of halogens is 2. The highest BCUT2D eigenvalue weighted by Gasteiger charge is 2.31. The molecule has 0 spiro atoms. The second-order valence-electron chi connectivity index (χ2n) is 2.81. The van der Waals surface area contributed by atoms with Crippen molar-refractivity contribution in [2.45, 2.75) is 5.92 Å². The zero-order valence-electron chi connectivity index (χ0n) is 8.29. The van der Waals surface area contributed by atoms with Crippen molar-refractivity contribution in [3.05, 3.63) is 23.8 Å². The molecule has 1 rings (SSSR count). The first-order chi connectivity index (χ1) is 7.05. The first-order valence-electron chi connectivity index (χ1n) is 4.12. The Morgan fingerprint density at radius 1 is 1.20 bits per heavy atom. The van der Waals surface area contributed by atoms with Crippen molar-refractivity contribution in [2.75, 3.05) is 14.2 Å². The Kier molecular flexibility index (Phi) is 3.24. The summed E-state index contributed by atoms with van der Waals surface area (Å²) < 4.78 is 35.7. The first kappa shape index (κ1) is 11.4. The van der Waals surface area contributed by atoms with Crippen LogP contribution in [0.15, 0.2) is 18.2 Å². The van der Waals surface area contributed by atoms with E-state index in [1.807, 2.05) is 0 Å². The summed E-state index contributed by atoms with van der Waals surface area (Å²) in [7, 11) is 2.73. The topological polar surface area (TPSA) is 35.5 Å². The molecule has 0 aliphatic heterocycles. The van der Waals surface area contributed by atoms with Gasteiger partial charge in [0.15, 0.2) is 17.8 Å². The highest BCUT2D eigenvalue weighted by atomic mass is 19.3. The molecule has 1 aromatic carbocycles.